The summed E-state index contributed by atoms with van der Waals surface area (Å²) >= 11 is 0. The number of nitrogens with zero attached hydrogens (tertiary/aromatic N) is 1. The van der Waals surface area contributed by atoms with Gasteiger partial charge in [-0.15, -0.1) is 0 Å². The molecule has 1 saturated heterocycles. The van der Waals surface area contributed by atoms with Gasteiger partial charge in [-0.3, -0.25) is 4.79 Å². The van der Waals surface area contributed by atoms with E-state index in [0.717, 1.165) is 5.56 Å². The number of benzene rings is 1. The van der Waals surface area contributed by atoms with Crippen molar-refractivity contribution in [1.29, 1.82) is 0 Å². The Bertz CT molecular complexity index is 528. The van der Waals surface area contributed by atoms with Crippen molar-refractivity contribution in [1.82, 2.24) is 4.90 Å². The molecule has 0 aliphatic carbocycles. The zero-order valence-electron chi connectivity index (χ0n) is 12.7. The first kappa shape index (κ1) is 16.8. The smallest absolute Gasteiger partial charge is 0.337 e. The molecule has 2 unspecified atom stereocenters. The van der Waals surface area contributed by atoms with Gasteiger partial charge in [0.15, 0.2) is 0 Å². The minimum absolute atomic E-state index is 0.0119. The number of alkyl halides is 3. The molecule has 3 nitrogen and oxygen atoms in total. The second kappa shape index (κ2) is 5.91. The Morgan fingerprint density at radius 3 is 2.45 bits per heavy atom. The molecule has 122 valence electrons. The van der Waals surface area contributed by atoms with Crippen LogP contribution in [0.3, 0.4) is 0 Å². The van der Waals surface area contributed by atoms with Crippen LogP contribution in [0.5, 0.6) is 0 Å². The summed E-state index contributed by atoms with van der Waals surface area (Å²) in [5.41, 5.74) is 5.58. The summed E-state index contributed by atoms with van der Waals surface area (Å²) in [6.07, 6.45) is -4.33. The van der Waals surface area contributed by atoms with Gasteiger partial charge in [0.1, 0.15) is 0 Å². The maximum atomic E-state index is 13.1. The molecule has 1 aliphatic rings. The first-order chi connectivity index (χ1) is 10.1. The van der Waals surface area contributed by atoms with E-state index in [2.05, 4.69) is 0 Å². The molecular formula is C16H21F3N2O. The number of rotatable bonds is 3. The Balaban J connectivity index is 2.08. The van der Waals surface area contributed by atoms with Crippen molar-refractivity contribution in [2.24, 2.45) is 11.7 Å². The summed E-state index contributed by atoms with van der Waals surface area (Å²) in [5.74, 6) is -1.81. The van der Waals surface area contributed by atoms with Gasteiger partial charge in [-0.2, -0.15) is 13.2 Å². The summed E-state index contributed by atoms with van der Waals surface area (Å²) in [6, 6.07) is 8.60. The van der Waals surface area contributed by atoms with Gasteiger partial charge in [0.2, 0.25) is 5.91 Å². The molecule has 1 heterocycles. The zero-order valence-corrected chi connectivity index (χ0v) is 12.7. The molecule has 2 N–H and O–H groups in total. The highest BCUT2D eigenvalue weighted by molar-refractivity contribution is 5.78. The number of halogens is 3. The molecule has 0 radical (unpaired) electrons. The fraction of sp³-hybridized carbons (Fsp3) is 0.562. The number of carbonyl (C=O) groups excluding carboxylic acids is 1. The quantitative estimate of drug-likeness (QED) is 0.931. The second-order valence-electron chi connectivity index (χ2n) is 6.30. The molecule has 2 rings (SSSR count). The number of likely N-dealkylation sites (tertiary alicyclic amines) is 1. The van der Waals surface area contributed by atoms with Crippen molar-refractivity contribution in [3.63, 3.8) is 0 Å². The van der Waals surface area contributed by atoms with E-state index >= 15 is 0 Å². The summed E-state index contributed by atoms with van der Waals surface area (Å²) < 4.78 is 39.2. The number of carbonyl (C=O) groups is 1. The summed E-state index contributed by atoms with van der Waals surface area (Å²) in [6.45, 7) is 3.08. The Kier molecular flexibility index (Phi) is 4.52. The van der Waals surface area contributed by atoms with Crippen LogP contribution >= 0.6 is 0 Å². The van der Waals surface area contributed by atoms with Crippen LogP contribution in [0.2, 0.25) is 0 Å². The summed E-state index contributed by atoms with van der Waals surface area (Å²) in [7, 11) is 0. The summed E-state index contributed by atoms with van der Waals surface area (Å²) in [4.78, 5) is 13.7. The van der Waals surface area contributed by atoms with Crippen molar-refractivity contribution in [2.45, 2.75) is 44.4 Å². The molecule has 22 heavy (non-hydrogen) atoms. The fourth-order valence-electron chi connectivity index (χ4n) is 3.21. The third-order valence-corrected chi connectivity index (χ3v) is 4.51. The number of hydrogen-bond donors (Lipinski definition) is 1. The zero-order chi connectivity index (χ0) is 16.5. The second-order valence-corrected chi connectivity index (χ2v) is 6.30. The normalized spacial score (nSPS) is 22.6. The highest BCUT2D eigenvalue weighted by Gasteiger charge is 2.56. The van der Waals surface area contributed by atoms with Gasteiger partial charge in [0, 0.05) is 24.5 Å². The van der Waals surface area contributed by atoms with Crippen molar-refractivity contribution in [3.05, 3.63) is 35.9 Å². The molecule has 1 fully saturated rings. The number of hydrogen-bond acceptors (Lipinski definition) is 2. The van der Waals surface area contributed by atoms with E-state index in [9.17, 15) is 18.0 Å². The number of amides is 1. The van der Waals surface area contributed by atoms with Crippen molar-refractivity contribution in [3.8, 4) is 0 Å². The van der Waals surface area contributed by atoms with Crippen LogP contribution in [0.1, 0.15) is 38.3 Å². The first-order valence-corrected chi connectivity index (χ1v) is 7.31. The Morgan fingerprint density at radius 2 is 1.95 bits per heavy atom. The highest BCUT2D eigenvalue weighted by atomic mass is 19.4. The third kappa shape index (κ3) is 3.27. The SMILES string of the molecule is CC1(C)C(C(F)(F)F)CCN1C(=O)CC(N)c1ccccc1. The lowest BCUT2D eigenvalue weighted by Gasteiger charge is -2.37. The monoisotopic (exact) mass is 314 g/mol. The van der Waals surface area contributed by atoms with Crippen LogP contribution in [0, 0.1) is 5.92 Å². The lowest BCUT2D eigenvalue weighted by Crippen LogP contribution is -2.50. The lowest BCUT2D eigenvalue weighted by molar-refractivity contribution is -0.192. The highest BCUT2D eigenvalue weighted by Crippen LogP contribution is 2.45. The topological polar surface area (TPSA) is 46.3 Å². The van der Waals surface area contributed by atoms with Crippen molar-refractivity contribution in [2.75, 3.05) is 6.54 Å². The Hall–Kier alpha value is -1.56. The molecule has 0 saturated carbocycles. The number of nitrogens with two attached hydrogens (primary N) is 1. The first-order valence-electron chi connectivity index (χ1n) is 7.31. The molecule has 6 heteroatoms. The molecule has 0 spiro atoms. The Morgan fingerprint density at radius 1 is 1.36 bits per heavy atom. The van der Waals surface area contributed by atoms with Crippen LogP contribution in [-0.4, -0.2) is 29.1 Å². The van der Waals surface area contributed by atoms with E-state index in [4.69, 9.17) is 5.73 Å². The maximum Gasteiger partial charge on any atom is 0.394 e. The van der Waals surface area contributed by atoms with Gasteiger partial charge >= 0.3 is 6.18 Å². The largest absolute Gasteiger partial charge is 0.394 e. The van der Waals surface area contributed by atoms with Gasteiger partial charge in [0.25, 0.3) is 0 Å². The van der Waals surface area contributed by atoms with Crippen LogP contribution in [-0.2, 0) is 4.79 Å². The van der Waals surface area contributed by atoms with Crippen LogP contribution in [0.15, 0.2) is 30.3 Å². The minimum Gasteiger partial charge on any atom is -0.337 e. The van der Waals surface area contributed by atoms with Gasteiger partial charge in [0.05, 0.1) is 5.92 Å². The average molecular weight is 314 g/mol. The van der Waals surface area contributed by atoms with E-state index < -0.39 is 23.7 Å². The van der Waals surface area contributed by atoms with E-state index in [0.29, 0.717) is 0 Å². The summed E-state index contributed by atoms with van der Waals surface area (Å²) in [5, 5.41) is 0. The molecule has 0 bridgehead atoms. The van der Waals surface area contributed by atoms with E-state index in [1.165, 1.54) is 18.7 Å². The van der Waals surface area contributed by atoms with Crippen molar-refractivity contribution < 1.29 is 18.0 Å². The minimum atomic E-state index is -4.29. The van der Waals surface area contributed by atoms with Gasteiger partial charge in [-0.1, -0.05) is 30.3 Å². The standard InChI is InChI=1S/C16H21F3N2O/c1-15(2)13(16(17,18)19)8-9-21(15)14(22)10-12(20)11-6-4-3-5-7-11/h3-7,12-13H,8-10,20H2,1-2H3. The van der Waals surface area contributed by atoms with Crippen LogP contribution in [0.4, 0.5) is 13.2 Å². The fourth-order valence-corrected chi connectivity index (χ4v) is 3.21. The lowest BCUT2D eigenvalue weighted by atomic mass is 9.87. The van der Waals surface area contributed by atoms with Gasteiger partial charge in [-0.25, -0.2) is 0 Å². The molecule has 2 atom stereocenters. The molecule has 1 aliphatic heterocycles. The van der Waals surface area contributed by atoms with E-state index in [1.54, 1.807) is 0 Å². The van der Waals surface area contributed by atoms with Gasteiger partial charge < -0.3 is 10.6 Å². The third-order valence-electron chi connectivity index (χ3n) is 4.51. The van der Waals surface area contributed by atoms with Crippen molar-refractivity contribution >= 4 is 5.91 Å². The van der Waals surface area contributed by atoms with E-state index in [-0.39, 0.29) is 25.3 Å². The average Bonchev–Trinajstić information content (AvgIpc) is 2.74. The predicted molar refractivity (Wildman–Crippen MR) is 77.9 cm³/mol. The molecular weight excluding hydrogens is 293 g/mol. The molecule has 0 aromatic heterocycles. The predicted octanol–water partition coefficient (Wildman–Crippen LogP) is 3.27. The van der Waals surface area contributed by atoms with Crippen LogP contribution in [0.25, 0.3) is 0 Å². The Labute approximate surface area is 128 Å². The van der Waals surface area contributed by atoms with Gasteiger partial charge in [-0.05, 0) is 25.8 Å². The maximum absolute atomic E-state index is 13.1. The molecule has 1 aromatic rings. The molecule has 1 amide bonds. The van der Waals surface area contributed by atoms with E-state index in [1.807, 2.05) is 30.3 Å². The van der Waals surface area contributed by atoms with Crippen LogP contribution < -0.4 is 5.73 Å². The molecule has 1 aromatic carbocycles.